The van der Waals surface area contributed by atoms with E-state index >= 15 is 0 Å². The average Bonchev–Trinajstić information content (AvgIpc) is 3.04. The third-order valence-corrected chi connectivity index (χ3v) is 4.77. The summed E-state index contributed by atoms with van der Waals surface area (Å²) in [5, 5.41) is 9.95. The van der Waals surface area contributed by atoms with Gasteiger partial charge < -0.3 is 10.6 Å². The number of carbonyl (C=O) groups excluding carboxylic acids is 2. The van der Waals surface area contributed by atoms with Gasteiger partial charge in [-0.2, -0.15) is 5.10 Å². The van der Waals surface area contributed by atoms with Gasteiger partial charge in [0, 0.05) is 11.6 Å². The van der Waals surface area contributed by atoms with Crippen molar-refractivity contribution in [3.05, 3.63) is 83.0 Å². The Morgan fingerprint density at radius 2 is 1.67 bits per heavy atom. The fourth-order valence-corrected chi connectivity index (χ4v) is 3.09. The molecule has 0 saturated heterocycles. The van der Waals surface area contributed by atoms with Crippen molar-refractivity contribution in [2.75, 3.05) is 11.9 Å². The Hall–Kier alpha value is -3.41. The number of hydrogen-bond donors (Lipinski definition) is 2. The molecule has 2 aromatic carbocycles. The zero-order valence-electron chi connectivity index (χ0n) is 17.9. The number of nitrogens with one attached hydrogen (secondary N) is 2. The zero-order chi connectivity index (χ0) is 21.7. The highest BCUT2D eigenvalue weighted by molar-refractivity contribution is 5.99. The molecule has 0 radical (unpaired) electrons. The van der Waals surface area contributed by atoms with Crippen LogP contribution in [-0.4, -0.2) is 28.1 Å². The van der Waals surface area contributed by atoms with Crippen LogP contribution in [0.1, 0.15) is 48.0 Å². The van der Waals surface area contributed by atoms with Gasteiger partial charge in [0.2, 0.25) is 5.91 Å². The monoisotopic (exact) mass is 404 g/mol. The van der Waals surface area contributed by atoms with E-state index in [9.17, 15) is 9.59 Å². The van der Waals surface area contributed by atoms with Gasteiger partial charge in [0.05, 0.1) is 18.8 Å². The number of aromatic nitrogens is 2. The van der Waals surface area contributed by atoms with Gasteiger partial charge >= 0.3 is 0 Å². The van der Waals surface area contributed by atoms with E-state index in [1.54, 1.807) is 16.8 Å². The Bertz CT molecular complexity index is 1020. The van der Waals surface area contributed by atoms with Crippen molar-refractivity contribution in [2.24, 2.45) is 0 Å². The summed E-state index contributed by atoms with van der Waals surface area (Å²) >= 11 is 0. The van der Waals surface area contributed by atoms with Crippen molar-refractivity contribution < 1.29 is 9.59 Å². The molecule has 0 fully saturated rings. The van der Waals surface area contributed by atoms with Crippen LogP contribution in [0.2, 0.25) is 0 Å². The standard InChI is InChI=1S/C24H28N4O2/c1-17-14-21(28(27-17)16-18-8-6-5-7-9-18)26-22(29)15-25-23(30)19-10-12-20(13-11-19)24(2,3)4/h5-14H,15-16H2,1-4H3,(H,25,30)(H,26,29). The Kier molecular flexibility index (Phi) is 6.35. The predicted octanol–water partition coefficient (Wildman–Crippen LogP) is 3.91. The number of carbonyl (C=O) groups is 2. The summed E-state index contributed by atoms with van der Waals surface area (Å²) in [6.07, 6.45) is 0. The number of anilines is 1. The van der Waals surface area contributed by atoms with E-state index in [0.29, 0.717) is 17.9 Å². The summed E-state index contributed by atoms with van der Waals surface area (Å²) in [5.41, 5.74) is 3.60. The maximum Gasteiger partial charge on any atom is 0.251 e. The number of aryl methyl sites for hydroxylation is 1. The molecule has 2 N–H and O–H groups in total. The summed E-state index contributed by atoms with van der Waals surface area (Å²) < 4.78 is 1.75. The molecule has 156 valence electrons. The molecule has 1 aromatic heterocycles. The lowest BCUT2D eigenvalue weighted by molar-refractivity contribution is -0.115. The van der Waals surface area contributed by atoms with Crippen LogP contribution in [-0.2, 0) is 16.8 Å². The average molecular weight is 405 g/mol. The van der Waals surface area contributed by atoms with E-state index in [-0.39, 0.29) is 23.8 Å². The molecule has 1 heterocycles. The SMILES string of the molecule is Cc1cc(NC(=O)CNC(=O)c2ccc(C(C)(C)C)cc2)n(Cc2ccccc2)n1. The lowest BCUT2D eigenvalue weighted by Gasteiger charge is -2.19. The van der Waals surface area contributed by atoms with Crippen LogP contribution < -0.4 is 10.6 Å². The van der Waals surface area contributed by atoms with Crippen molar-refractivity contribution in [1.29, 1.82) is 0 Å². The molecule has 0 atom stereocenters. The van der Waals surface area contributed by atoms with Crippen molar-refractivity contribution in [1.82, 2.24) is 15.1 Å². The zero-order valence-corrected chi connectivity index (χ0v) is 17.9. The summed E-state index contributed by atoms with van der Waals surface area (Å²) in [6.45, 7) is 8.68. The minimum atomic E-state index is -0.302. The maximum atomic E-state index is 12.4. The molecule has 6 nitrogen and oxygen atoms in total. The molecule has 0 spiro atoms. The summed E-state index contributed by atoms with van der Waals surface area (Å²) in [6, 6.07) is 19.2. The minimum Gasteiger partial charge on any atom is -0.343 e. The van der Waals surface area contributed by atoms with Gasteiger partial charge in [-0.25, -0.2) is 4.68 Å². The highest BCUT2D eigenvalue weighted by Gasteiger charge is 2.15. The lowest BCUT2D eigenvalue weighted by atomic mass is 9.87. The van der Waals surface area contributed by atoms with Crippen LogP contribution in [0.5, 0.6) is 0 Å². The topological polar surface area (TPSA) is 76.0 Å². The van der Waals surface area contributed by atoms with Gasteiger partial charge in [-0.3, -0.25) is 9.59 Å². The van der Waals surface area contributed by atoms with E-state index in [2.05, 4.69) is 36.5 Å². The van der Waals surface area contributed by atoms with Crippen molar-refractivity contribution in [3.8, 4) is 0 Å². The Morgan fingerprint density at radius 1 is 1.00 bits per heavy atom. The van der Waals surface area contributed by atoms with Gasteiger partial charge in [0.15, 0.2) is 0 Å². The first-order valence-electron chi connectivity index (χ1n) is 9.99. The van der Waals surface area contributed by atoms with Crippen LogP contribution in [0.25, 0.3) is 0 Å². The van der Waals surface area contributed by atoms with Gasteiger partial charge in [-0.15, -0.1) is 0 Å². The van der Waals surface area contributed by atoms with Crippen LogP contribution in [0.3, 0.4) is 0 Å². The molecule has 2 amide bonds. The van der Waals surface area contributed by atoms with E-state index < -0.39 is 0 Å². The molecule has 3 aromatic rings. The van der Waals surface area contributed by atoms with Crippen LogP contribution in [0.4, 0.5) is 5.82 Å². The smallest absolute Gasteiger partial charge is 0.251 e. The van der Waals surface area contributed by atoms with Crippen molar-refractivity contribution >= 4 is 17.6 Å². The Morgan fingerprint density at radius 3 is 2.30 bits per heavy atom. The van der Waals surface area contributed by atoms with E-state index in [4.69, 9.17) is 0 Å². The molecule has 0 saturated carbocycles. The van der Waals surface area contributed by atoms with Gasteiger partial charge in [0.1, 0.15) is 5.82 Å². The normalized spacial score (nSPS) is 11.2. The first kappa shape index (κ1) is 21.3. The maximum absolute atomic E-state index is 12.4. The molecule has 0 aliphatic rings. The molecule has 6 heteroatoms. The first-order valence-corrected chi connectivity index (χ1v) is 9.99. The molecule has 0 aliphatic heterocycles. The van der Waals surface area contributed by atoms with Crippen LogP contribution in [0, 0.1) is 6.92 Å². The molecular formula is C24H28N4O2. The Balaban J connectivity index is 1.58. The highest BCUT2D eigenvalue weighted by Crippen LogP contribution is 2.22. The minimum absolute atomic E-state index is 0.0235. The predicted molar refractivity (Wildman–Crippen MR) is 119 cm³/mol. The van der Waals surface area contributed by atoms with Crippen molar-refractivity contribution in [2.45, 2.75) is 39.7 Å². The second-order valence-corrected chi connectivity index (χ2v) is 8.37. The fourth-order valence-electron chi connectivity index (χ4n) is 3.09. The summed E-state index contributed by atoms with van der Waals surface area (Å²) in [4.78, 5) is 24.7. The number of benzene rings is 2. The highest BCUT2D eigenvalue weighted by atomic mass is 16.2. The van der Waals surface area contributed by atoms with Crippen LogP contribution >= 0.6 is 0 Å². The number of rotatable bonds is 6. The van der Waals surface area contributed by atoms with E-state index in [0.717, 1.165) is 16.8 Å². The number of nitrogens with zero attached hydrogens (tertiary/aromatic N) is 2. The lowest BCUT2D eigenvalue weighted by Crippen LogP contribution is -2.33. The number of hydrogen-bond acceptors (Lipinski definition) is 3. The van der Waals surface area contributed by atoms with E-state index in [1.165, 1.54) is 0 Å². The quantitative estimate of drug-likeness (QED) is 0.654. The second-order valence-electron chi connectivity index (χ2n) is 8.37. The number of amides is 2. The van der Waals surface area contributed by atoms with Gasteiger partial charge in [-0.1, -0.05) is 63.2 Å². The Labute approximate surface area is 177 Å². The molecule has 30 heavy (non-hydrogen) atoms. The molecule has 3 rings (SSSR count). The first-order chi connectivity index (χ1) is 14.2. The van der Waals surface area contributed by atoms with Gasteiger partial charge in [-0.05, 0) is 35.6 Å². The van der Waals surface area contributed by atoms with Crippen LogP contribution in [0.15, 0.2) is 60.7 Å². The molecule has 0 bridgehead atoms. The molecule has 0 unspecified atom stereocenters. The largest absolute Gasteiger partial charge is 0.343 e. The third kappa shape index (κ3) is 5.56. The van der Waals surface area contributed by atoms with Gasteiger partial charge in [0.25, 0.3) is 5.91 Å². The van der Waals surface area contributed by atoms with Crippen molar-refractivity contribution in [3.63, 3.8) is 0 Å². The molecular weight excluding hydrogens is 376 g/mol. The second kappa shape index (κ2) is 8.95. The van der Waals surface area contributed by atoms with E-state index in [1.807, 2.05) is 55.5 Å². The fraction of sp³-hybridized carbons (Fsp3) is 0.292. The summed E-state index contributed by atoms with van der Waals surface area (Å²) in [5.74, 6) is 0.0218. The third-order valence-electron chi connectivity index (χ3n) is 4.77. The molecule has 0 aliphatic carbocycles. The summed E-state index contributed by atoms with van der Waals surface area (Å²) in [7, 11) is 0.